The summed E-state index contributed by atoms with van der Waals surface area (Å²) in [4.78, 5) is 35.2. The monoisotopic (exact) mass is 440 g/mol. The highest BCUT2D eigenvalue weighted by atomic mass is 16.5. The first-order valence-corrected chi connectivity index (χ1v) is 10.3. The second-order valence-electron chi connectivity index (χ2n) is 6.65. The number of amides is 3. The van der Waals surface area contributed by atoms with E-state index in [1.54, 1.807) is 18.2 Å². The minimum atomic E-state index is -0.846. The Morgan fingerprint density at radius 3 is 2.44 bits per heavy atom. The molecular weight excluding hydrogens is 412 g/mol. The van der Waals surface area contributed by atoms with E-state index < -0.39 is 11.8 Å². The second-order valence-corrected chi connectivity index (χ2v) is 6.65. The highest BCUT2D eigenvalue weighted by molar-refractivity contribution is 6.35. The summed E-state index contributed by atoms with van der Waals surface area (Å²) in [5, 5.41) is 9.04. The van der Waals surface area contributed by atoms with Crippen molar-refractivity contribution in [3.8, 4) is 11.5 Å². The Hall–Kier alpha value is -3.88. The van der Waals surface area contributed by atoms with Crippen LogP contribution in [0.3, 0.4) is 0 Å². The van der Waals surface area contributed by atoms with Crippen molar-refractivity contribution >= 4 is 23.9 Å². The van der Waals surface area contributed by atoms with Gasteiger partial charge in [-0.25, -0.2) is 5.43 Å². The molecule has 0 aliphatic carbocycles. The smallest absolute Gasteiger partial charge is 0.329 e. The zero-order valence-electron chi connectivity index (χ0n) is 18.2. The maximum absolute atomic E-state index is 12.1. The van der Waals surface area contributed by atoms with Gasteiger partial charge in [-0.05, 0) is 42.7 Å². The Morgan fingerprint density at radius 2 is 1.72 bits per heavy atom. The molecule has 0 fully saturated rings. The molecular formula is C23H28N4O5. The van der Waals surface area contributed by atoms with Gasteiger partial charge in [-0.15, -0.1) is 0 Å². The van der Waals surface area contributed by atoms with E-state index in [1.807, 2.05) is 44.2 Å². The van der Waals surface area contributed by atoms with Crippen molar-refractivity contribution in [2.75, 3.05) is 19.8 Å². The predicted octanol–water partition coefficient (Wildman–Crippen LogP) is 1.76. The van der Waals surface area contributed by atoms with E-state index in [4.69, 9.17) is 9.47 Å². The molecule has 0 radical (unpaired) electrons. The van der Waals surface area contributed by atoms with Crippen LogP contribution in [0.25, 0.3) is 0 Å². The highest BCUT2D eigenvalue weighted by Gasteiger charge is 2.11. The van der Waals surface area contributed by atoms with Crippen LogP contribution >= 0.6 is 0 Å². The lowest BCUT2D eigenvalue weighted by molar-refractivity contribution is -0.139. The molecule has 9 nitrogen and oxygen atoms in total. The number of nitrogens with zero attached hydrogens (tertiary/aromatic N) is 1. The Bertz CT molecular complexity index is 931. The van der Waals surface area contributed by atoms with Gasteiger partial charge in [0, 0.05) is 13.1 Å². The Morgan fingerprint density at radius 1 is 0.938 bits per heavy atom. The predicted molar refractivity (Wildman–Crippen MR) is 120 cm³/mol. The molecule has 3 N–H and O–H groups in total. The molecule has 2 rings (SSSR count). The third-order valence-corrected chi connectivity index (χ3v) is 4.08. The fraction of sp³-hybridized carbons (Fsp3) is 0.304. The highest BCUT2D eigenvalue weighted by Crippen LogP contribution is 2.28. The van der Waals surface area contributed by atoms with Crippen molar-refractivity contribution in [2.45, 2.75) is 26.8 Å². The number of ether oxygens (including phenoxy) is 2. The van der Waals surface area contributed by atoms with Gasteiger partial charge in [0.15, 0.2) is 18.1 Å². The molecule has 0 unspecified atom stereocenters. The van der Waals surface area contributed by atoms with Crippen LogP contribution < -0.4 is 25.5 Å². The van der Waals surface area contributed by atoms with E-state index in [1.165, 1.54) is 6.21 Å². The van der Waals surface area contributed by atoms with Crippen molar-refractivity contribution in [2.24, 2.45) is 5.10 Å². The van der Waals surface area contributed by atoms with Gasteiger partial charge >= 0.3 is 11.8 Å². The van der Waals surface area contributed by atoms with Crippen molar-refractivity contribution in [3.05, 3.63) is 59.7 Å². The summed E-state index contributed by atoms with van der Waals surface area (Å²) in [5.74, 6) is -1.01. The van der Waals surface area contributed by atoms with Gasteiger partial charge in [0.1, 0.15) is 0 Å². The summed E-state index contributed by atoms with van der Waals surface area (Å²) >= 11 is 0. The number of benzene rings is 2. The second kappa shape index (κ2) is 13.4. The molecule has 0 aromatic heterocycles. The number of carbonyl (C=O) groups excluding carboxylic acids is 3. The van der Waals surface area contributed by atoms with Crippen LogP contribution in [0.15, 0.2) is 53.6 Å². The maximum Gasteiger partial charge on any atom is 0.329 e. The number of hydrogen-bond donors (Lipinski definition) is 3. The molecule has 2 aromatic rings. The zero-order valence-corrected chi connectivity index (χ0v) is 18.2. The topological polar surface area (TPSA) is 118 Å². The molecule has 32 heavy (non-hydrogen) atoms. The third kappa shape index (κ3) is 8.47. The summed E-state index contributed by atoms with van der Waals surface area (Å²) in [7, 11) is 0. The van der Waals surface area contributed by atoms with Gasteiger partial charge in [0.25, 0.3) is 5.91 Å². The van der Waals surface area contributed by atoms with Gasteiger partial charge in [0.05, 0.1) is 12.8 Å². The van der Waals surface area contributed by atoms with E-state index in [0.29, 0.717) is 36.8 Å². The first kappa shape index (κ1) is 24.4. The maximum atomic E-state index is 12.1. The molecule has 9 heteroatoms. The average Bonchev–Trinajstić information content (AvgIpc) is 2.81. The lowest BCUT2D eigenvalue weighted by Crippen LogP contribution is -2.38. The first-order chi connectivity index (χ1) is 15.5. The fourth-order valence-corrected chi connectivity index (χ4v) is 2.52. The van der Waals surface area contributed by atoms with E-state index in [-0.39, 0.29) is 12.5 Å². The van der Waals surface area contributed by atoms with Gasteiger partial charge < -0.3 is 20.1 Å². The molecule has 0 saturated heterocycles. The molecule has 0 aliphatic heterocycles. The number of hydrazone groups is 1. The summed E-state index contributed by atoms with van der Waals surface area (Å²) in [6, 6.07) is 14.6. The molecule has 0 heterocycles. The van der Waals surface area contributed by atoms with Crippen molar-refractivity contribution in [1.29, 1.82) is 0 Å². The van der Waals surface area contributed by atoms with Crippen LogP contribution in [0.4, 0.5) is 0 Å². The fourth-order valence-electron chi connectivity index (χ4n) is 2.52. The van der Waals surface area contributed by atoms with Gasteiger partial charge in [0.2, 0.25) is 0 Å². The molecule has 0 bridgehead atoms. The number of nitrogens with one attached hydrogen (secondary N) is 3. The standard InChI is InChI=1S/C23H28N4O5/c1-3-12-24-22(29)23(30)27-26-15-18-10-11-19(20(13-18)31-4-2)32-16-21(28)25-14-17-8-6-5-7-9-17/h5-11,13,15H,3-4,12,14,16H2,1-2H3,(H,24,29)(H,25,28)(H,27,30)/b26-15-. The summed E-state index contributed by atoms with van der Waals surface area (Å²) < 4.78 is 11.2. The summed E-state index contributed by atoms with van der Waals surface area (Å²) in [5.41, 5.74) is 3.78. The van der Waals surface area contributed by atoms with Crippen LogP contribution in [0.5, 0.6) is 11.5 Å². The van der Waals surface area contributed by atoms with Crippen LogP contribution in [0.2, 0.25) is 0 Å². The SMILES string of the molecule is CCCNC(=O)C(=O)N/N=C\c1ccc(OCC(=O)NCc2ccccc2)c(OCC)c1. The molecule has 0 spiro atoms. The van der Waals surface area contributed by atoms with Crippen LogP contribution in [0, 0.1) is 0 Å². The summed E-state index contributed by atoms with van der Waals surface area (Å²) in [6.45, 7) is 4.77. The molecule has 3 amide bonds. The molecule has 0 atom stereocenters. The Balaban J connectivity index is 1.90. The summed E-state index contributed by atoms with van der Waals surface area (Å²) in [6.07, 6.45) is 2.11. The molecule has 0 aliphatic rings. The minimum Gasteiger partial charge on any atom is -0.490 e. The van der Waals surface area contributed by atoms with Gasteiger partial charge in [-0.1, -0.05) is 37.3 Å². The molecule has 170 valence electrons. The van der Waals surface area contributed by atoms with Gasteiger partial charge in [-0.2, -0.15) is 5.10 Å². The van der Waals surface area contributed by atoms with Crippen LogP contribution in [-0.4, -0.2) is 43.7 Å². The molecule has 2 aromatic carbocycles. The van der Waals surface area contributed by atoms with Crippen molar-refractivity contribution < 1.29 is 23.9 Å². The quantitative estimate of drug-likeness (QED) is 0.280. The largest absolute Gasteiger partial charge is 0.490 e. The van der Waals surface area contributed by atoms with E-state index in [0.717, 1.165) is 12.0 Å². The van der Waals surface area contributed by atoms with E-state index in [2.05, 4.69) is 21.2 Å². The van der Waals surface area contributed by atoms with Gasteiger partial charge in [-0.3, -0.25) is 14.4 Å². The zero-order chi connectivity index (χ0) is 23.2. The Labute approximate surface area is 187 Å². The Kier molecular flexibility index (Phi) is 10.2. The number of carbonyl (C=O) groups is 3. The van der Waals surface area contributed by atoms with Crippen molar-refractivity contribution in [1.82, 2.24) is 16.1 Å². The van der Waals surface area contributed by atoms with E-state index >= 15 is 0 Å². The molecule has 0 saturated carbocycles. The third-order valence-electron chi connectivity index (χ3n) is 4.08. The van der Waals surface area contributed by atoms with E-state index in [9.17, 15) is 14.4 Å². The minimum absolute atomic E-state index is 0.163. The average molecular weight is 441 g/mol. The number of rotatable bonds is 11. The van der Waals surface area contributed by atoms with Crippen molar-refractivity contribution in [3.63, 3.8) is 0 Å². The lowest BCUT2D eigenvalue weighted by Gasteiger charge is -2.12. The van der Waals surface area contributed by atoms with Crippen LogP contribution in [0.1, 0.15) is 31.4 Å². The first-order valence-electron chi connectivity index (χ1n) is 10.3. The van der Waals surface area contributed by atoms with Crippen LogP contribution in [-0.2, 0) is 20.9 Å². The number of hydrogen-bond acceptors (Lipinski definition) is 6. The lowest BCUT2D eigenvalue weighted by atomic mass is 10.2. The normalized spacial score (nSPS) is 10.4.